The highest BCUT2D eigenvalue weighted by Gasteiger charge is 2.32. The molecule has 0 bridgehead atoms. The fraction of sp³-hybridized carbons (Fsp3) is 0.435. The van der Waals surface area contributed by atoms with Gasteiger partial charge in [-0.3, -0.25) is 0 Å². The first-order chi connectivity index (χ1) is 13.7. The Morgan fingerprint density at radius 3 is 1.72 bits per heavy atom. The molecule has 0 heterocycles. The Morgan fingerprint density at radius 1 is 0.931 bits per heavy atom. The number of benzene rings is 2. The number of sulfonamides is 1. The SMILES string of the molecule is CC(C)S(N)(=O)=O.N#Cc1ccc(-c2ccc(C3(F)CCCCCC3)cc2)cc1. The minimum absolute atomic E-state index is 0.451. The zero-order chi connectivity index (χ0) is 21.5. The third-order valence-electron chi connectivity index (χ3n) is 5.30. The van der Waals surface area contributed by atoms with Gasteiger partial charge in [-0.1, -0.05) is 49.2 Å². The van der Waals surface area contributed by atoms with Gasteiger partial charge in [0.05, 0.1) is 16.9 Å². The summed E-state index contributed by atoms with van der Waals surface area (Å²) in [7, 11) is -3.24. The van der Waals surface area contributed by atoms with E-state index >= 15 is 4.39 Å². The molecule has 0 spiro atoms. The lowest BCUT2D eigenvalue weighted by Crippen LogP contribution is -2.22. The van der Waals surface area contributed by atoms with Crippen molar-refractivity contribution in [2.45, 2.75) is 63.3 Å². The Hall–Kier alpha value is -2.23. The van der Waals surface area contributed by atoms with Crippen molar-refractivity contribution >= 4 is 10.0 Å². The van der Waals surface area contributed by atoms with Crippen molar-refractivity contribution < 1.29 is 12.8 Å². The summed E-state index contributed by atoms with van der Waals surface area (Å²) in [6, 6.07) is 17.4. The zero-order valence-corrected chi connectivity index (χ0v) is 17.9. The van der Waals surface area contributed by atoms with Gasteiger partial charge in [-0.25, -0.2) is 17.9 Å². The van der Waals surface area contributed by atoms with E-state index in [9.17, 15) is 8.42 Å². The second kappa shape index (κ2) is 10.00. The first-order valence-corrected chi connectivity index (χ1v) is 11.6. The maximum Gasteiger partial charge on any atom is 0.211 e. The van der Waals surface area contributed by atoms with Gasteiger partial charge < -0.3 is 0 Å². The van der Waals surface area contributed by atoms with E-state index in [1.807, 2.05) is 48.5 Å². The van der Waals surface area contributed by atoms with Crippen LogP contribution < -0.4 is 5.14 Å². The molecule has 0 amide bonds. The van der Waals surface area contributed by atoms with Crippen LogP contribution in [0.4, 0.5) is 4.39 Å². The zero-order valence-electron chi connectivity index (χ0n) is 17.1. The first kappa shape index (κ1) is 23.1. The van der Waals surface area contributed by atoms with Crippen LogP contribution in [-0.2, 0) is 15.7 Å². The molecule has 1 aliphatic rings. The average Bonchev–Trinajstić information content (AvgIpc) is 2.93. The number of rotatable bonds is 3. The normalized spacial score (nSPS) is 16.3. The summed E-state index contributed by atoms with van der Waals surface area (Å²) in [5, 5.41) is 13.0. The van der Waals surface area contributed by atoms with Gasteiger partial charge in [-0.15, -0.1) is 0 Å². The van der Waals surface area contributed by atoms with Crippen molar-refractivity contribution in [3.05, 3.63) is 59.7 Å². The van der Waals surface area contributed by atoms with Gasteiger partial charge in [-0.05, 0) is 68.4 Å². The molecule has 2 N–H and O–H groups in total. The number of nitrogens with zero attached hydrogens (tertiary/aromatic N) is 1. The highest BCUT2D eigenvalue weighted by atomic mass is 32.2. The molecule has 6 heteroatoms. The van der Waals surface area contributed by atoms with E-state index < -0.39 is 20.9 Å². The number of hydrogen-bond acceptors (Lipinski definition) is 3. The van der Waals surface area contributed by atoms with E-state index in [1.165, 1.54) is 13.8 Å². The Balaban J connectivity index is 0.000000370. The van der Waals surface area contributed by atoms with E-state index in [0.29, 0.717) is 18.4 Å². The standard InChI is InChI=1S/C20H20FN.C3H9NO2S/c21-20(13-3-1-2-4-14-20)19-11-9-18(10-12-19)17-7-5-16(15-22)6-8-17;1-3(2)7(4,5)6/h5-12H,1-4,13-14H2;3H,1-2H3,(H2,4,5,6). The maximum atomic E-state index is 15.2. The summed E-state index contributed by atoms with van der Waals surface area (Å²) in [5.74, 6) is 0. The van der Waals surface area contributed by atoms with Crippen molar-refractivity contribution in [2.24, 2.45) is 5.14 Å². The minimum Gasteiger partial charge on any atom is -0.239 e. The molecule has 0 aromatic heterocycles. The number of primary sulfonamides is 1. The van der Waals surface area contributed by atoms with E-state index in [1.54, 1.807) is 0 Å². The summed E-state index contributed by atoms with van der Waals surface area (Å²) >= 11 is 0. The van der Waals surface area contributed by atoms with Crippen LogP contribution in [-0.4, -0.2) is 13.7 Å². The lowest BCUT2D eigenvalue weighted by atomic mass is 9.87. The van der Waals surface area contributed by atoms with Gasteiger partial charge in [0.15, 0.2) is 0 Å². The predicted molar refractivity (Wildman–Crippen MR) is 115 cm³/mol. The molecule has 0 aliphatic heterocycles. The third-order valence-corrected chi connectivity index (χ3v) is 6.62. The van der Waals surface area contributed by atoms with Crippen LogP contribution in [0.15, 0.2) is 48.5 Å². The van der Waals surface area contributed by atoms with Gasteiger partial charge in [-0.2, -0.15) is 5.26 Å². The number of halogens is 1. The molecule has 1 aliphatic carbocycles. The number of nitriles is 1. The summed E-state index contributed by atoms with van der Waals surface area (Å²) in [4.78, 5) is 0. The lowest BCUT2D eigenvalue weighted by molar-refractivity contribution is 0.140. The molecule has 1 saturated carbocycles. The molecule has 0 saturated heterocycles. The Labute approximate surface area is 173 Å². The van der Waals surface area contributed by atoms with Crippen LogP contribution in [0.25, 0.3) is 11.1 Å². The van der Waals surface area contributed by atoms with Gasteiger partial charge >= 0.3 is 0 Å². The van der Waals surface area contributed by atoms with Crippen molar-refractivity contribution in [1.82, 2.24) is 0 Å². The number of alkyl halides is 1. The summed E-state index contributed by atoms with van der Waals surface area (Å²) in [6.07, 6.45) is 5.54. The van der Waals surface area contributed by atoms with Crippen LogP contribution in [0, 0.1) is 11.3 Å². The largest absolute Gasteiger partial charge is 0.239 e. The molecule has 1 fully saturated rings. The summed E-state index contributed by atoms with van der Waals surface area (Å²) < 4.78 is 35.4. The van der Waals surface area contributed by atoms with Crippen LogP contribution in [0.3, 0.4) is 0 Å². The Morgan fingerprint density at radius 2 is 1.34 bits per heavy atom. The molecular weight excluding hydrogens is 387 g/mol. The Bertz CT molecular complexity index is 922. The molecule has 0 unspecified atom stereocenters. The highest BCUT2D eigenvalue weighted by Crippen LogP contribution is 2.40. The second-order valence-corrected chi connectivity index (χ2v) is 9.90. The van der Waals surface area contributed by atoms with Crippen LogP contribution in [0.2, 0.25) is 0 Å². The van der Waals surface area contributed by atoms with Crippen molar-refractivity contribution in [3.63, 3.8) is 0 Å². The first-order valence-electron chi connectivity index (χ1n) is 9.97. The van der Waals surface area contributed by atoms with Crippen molar-refractivity contribution in [3.8, 4) is 17.2 Å². The number of nitrogens with two attached hydrogens (primary N) is 1. The van der Waals surface area contributed by atoms with Crippen LogP contribution in [0.1, 0.15) is 63.5 Å². The van der Waals surface area contributed by atoms with Crippen LogP contribution in [0.5, 0.6) is 0 Å². The van der Waals surface area contributed by atoms with Crippen molar-refractivity contribution in [2.75, 3.05) is 0 Å². The van der Waals surface area contributed by atoms with Gasteiger partial charge in [0, 0.05) is 0 Å². The molecule has 4 nitrogen and oxygen atoms in total. The molecule has 2 aromatic carbocycles. The Kier molecular flexibility index (Phi) is 7.95. The number of hydrogen-bond donors (Lipinski definition) is 1. The fourth-order valence-corrected chi connectivity index (χ4v) is 3.28. The molecule has 156 valence electrons. The second-order valence-electron chi connectivity index (χ2n) is 7.78. The molecule has 0 radical (unpaired) electrons. The van der Waals surface area contributed by atoms with Crippen molar-refractivity contribution in [1.29, 1.82) is 5.26 Å². The lowest BCUT2D eigenvalue weighted by Gasteiger charge is -2.24. The summed E-state index contributed by atoms with van der Waals surface area (Å²) in [5.41, 5.74) is 2.43. The molecule has 0 atom stereocenters. The maximum absolute atomic E-state index is 15.2. The van der Waals surface area contributed by atoms with E-state index in [4.69, 9.17) is 5.26 Å². The molecule has 29 heavy (non-hydrogen) atoms. The smallest absolute Gasteiger partial charge is 0.211 e. The topological polar surface area (TPSA) is 84.0 Å². The molecule has 2 aromatic rings. The van der Waals surface area contributed by atoms with E-state index in [0.717, 1.165) is 42.4 Å². The van der Waals surface area contributed by atoms with Gasteiger partial charge in [0.25, 0.3) is 0 Å². The van der Waals surface area contributed by atoms with E-state index in [2.05, 4.69) is 11.2 Å². The molecular formula is C23H29FN2O2S. The van der Waals surface area contributed by atoms with Gasteiger partial charge in [0.1, 0.15) is 5.67 Å². The fourth-order valence-electron chi connectivity index (χ4n) is 3.28. The van der Waals surface area contributed by atoms with E-state index in [-0.39, 0.29) is 0 Å². The van der Waals surface area contributed by atoms with Crippen LogP contribution >= 0.6 is 0 Å². The quantitative estimate of drug-likeness (QED) is 0.677. The predicted octanol–water partition coefficient (Wildman–Crippen LogP) is 5.43. The molecule has 3 rings (SSSR count). The summed E-state index contributed by atoms with van der Waals surface area (Å²) in [6.45, 7) is 3.07. The average molecular weight is 417 g/mol. The highest BCUT2D eigenvalue weighted by molar-refractivity contribution is 7.89. The van der Waals surface area contributed by atoms with Gasteiger partial charge in [0.2, 0.25) is 10.0 Å². The minimum atomic E-state index is -3.24. The third kappa shape index (κ3) is 6.66. The monoisotopic (exact) mass is 416 g/mol.